The molecule has 3 rings (SSSR count). The zero-order valence-corrected chi connectivity index (χ0v) is 16.9. The minimum atomic E-state index is -0.368. The van der Waals surface area contributed by atoms with Crippen LogP contribution in [0.4, 0.5) is 11.4 Å². The van der Waals surface area contributed by atoms with Crippen molar-refractivity contribution in [2.45, 2.75) is 0 Å². The average molecular weight is 464 g/mol. The largest absolute Gasteiger partial charge is 0.322 e. The highest BCUT2D eigenvalue weighted by Crippen LogP contribution is 2.23. The molecule has 0 atom stereocenters. The summed E-state index contributed by atoms with van der Waals surface area (Å²) in [4.78, 5) is 24.8. The maximum Gasteiger partial charge on any atom is 0.257 e. The quantitative estimate of drug-likeness (QED) is 0.479. The van der Waals surface area contributed by atoms with E-state index >= 15 is 0 Å². The Morgan fingerprint density at radius 3 is 2.11 bits per heavy atom. The minimum absolute atomic E-state index is 0.250. The third kappa shape index (κ3) is 5.10. The highest BCUT2D eigenvalue weighted by Gasteiger charge is 2.12. The van der Waals surface area contributed by atoms with Crippen LogP contribution in [0, 0.1) is 0 Å². The first-order valence-corrected chi connectivity index (χ1v) is 9.40. The van der Waals surface area contributed by atoms with Crippen molar-refractivity contribution >= 4 is 62.3 Å². The molecule has 0 fully saturated rings. The van der Waals surface area contributed by atoms with Crippen LogP contribution in [0.15, 0.2) is 71.2 Å². The van der Waals surface area contributed by atoms with Gasteiger partial charge in [0.1, 0.15) is 0 Å². The smallest absolute Gasteiger partial charge is 0.257 e. The number of benzene rings is 3. The van der Waals surface area contributed by atoms with E-state index in [1.54, 1.807) is 54.6 Å². The Morgan fingerprint density at radius 2 is 1.44 bits per heavy atom. The third-order valence-electron chi connectivity index (χ3n) is 3.64. The first kappa shape index (κ1) is 19.4. The Morgan fingerprint density at radius 1 is 0.778 bits per heavy atom. The molecule has 0 saturated carbocycles. The highest BCUT2D eigenvalue weighted by atomic mass is 79.9. The summed E-state index contributed by atoms with van der Waals surface area (Å²) in [5, 5.41) is 6.27. The number of hydrogen-bond acceptors (Lipinski definition) is 2. The summed E-state index contributed by atoms with van der Waals surface area (Å²) in [5.41, 5.74) is 1.91. The average Bonchev–Trinajstić information content (AvgIpc) is 2.62. The lowest BCUT2D eigenvalue weighted by atomic mass is 10.2. The summed E-state index contributed by atoms with van der Waals surface area (Å²) >= 11 is 15.3. The Balaban J connectivity index is 1.73. The standard InChI is InChI=1S/C20H13BrCl2N2O2/c21-13-4-1-3-12(9-13)19(26)24-15-5-2-6-16(11-15)25-20(27)17-8-7-14(22)10-18(17)23/h1-11H,(H,24,26)(H,25,27). The first-order valence-electron chi connectivity index (χ1n) is 7.86. The van der Waals surface area contributed by atoms with Crippen molar-refractivity contribution < 1.29 is 9.59 Å². The molecule has 0 aromatic heterocycles. The number of nitrogens with one attached hydrogen (secondary N) is 2. The summed E-state index contributed by atoms with van der Waals surface area (Å²) in [6.45, 7) is 0. The Kier molecular flexibility index (Phi) is 6.16. The van der Waals surface area contributed by atoms with Crippen molar-refractivity contribution in [3.05, 3.63) is 92.4 Å². The van der Waals surface area contributed by atoms with Crippen LogP contribution < -0.4 is 10.6 Å². The first-order chi connectivity index (χ1) is 12.9. The van der Waals surface area contributed by atoms with Gasteiger partial charge in [0.25, 0.3) is 11.8 Å². The molecule has 27 heavy (non-hydrogen) atoms. The van der Waals surface area contributed by atoms with Gasteiger partial charge in [-0.1, -0.05) is 51.3 Å². The normalized spacial score (nSPS) is 10.3. The van der Waals surface area contributed by atoms with Gasteiger partial charge in [0.05, 0.1) is 10.6 Å². The number of amides is 2. The van der Waals surface area contributed by atoms with Crippen molar-refractivity contribution in [3.8, 4) is 0 Å². The van der Waals surface area contributed by atoms with Crippen LogP contribution in [0.5, 0.6) is 0 Å². The van der Waals surface area contributed by atoms with Crippen LogP contribution >= 0.6 is 39.1 Å². The summed E-state index contributed by atoms with van der Waals surface area (Å²) < 4.78 is 0.816. The molecule has 2 N–H and O–H groups in total. The van der Waals surface area contributed by atoms with Gasteiger partial charge in [0, 0.05) is 26.4 Å². The molecule has 0 aliphatic heterocycles. The molecule has 0 radical (unpaired) electrons. The number of carbonyl (C=O) groups is 2. The molecule has 0 unspecified atom stereocenters. The van der Waals surface area contributed by atoms with Crippen LogP contribution in [0.2, 0.25) is 10.0 Å². The van der Waals surface area contributed by atoms with Gasteiger partial charge in [-0.25, -0.2) is 0 Å². The second-order valence-electron chi connectivity index (χ2n) is 5.62. The maximum absolute atomic E-state index is 12.4. The number of carbonyl (C=O) groups excluding carboxylic acids is 2. The maximum atomic E-state index is 12.4. The molecule has 0 saturated heterocycles. The fraction of sp³-hybridized carbons (Fsp3) is 0. The van der Waals surface area contributed by atoms with Gasteiger partial charge in [-0.05, 0) is 54.6 Å². The lowest BCUT2D eigenvalue weighted by molar-refractivity contribution is 0.101. The summed E-state index contributed by atoms with van der Waals surface area (Å²) in [6, 6.07) is 18.6. The van der Waals surface area contributed by atoms with Gasteiger partial charge in [-0.3, -0.25) is 9.59 Å². The van der Waals surface area contributed by atoms with E-state index < -0.39 is 0 Å². The van der Waals surface area contributed by atoms with E-state index in [9.17, 15) is 9.59 Å². The lowest BCUT2D eigenvalue weighted by Gasteiger charge is -2.10. The number of hydrogen-bond donors (Lipinski definition) is 2. The molecular formula is C20H13BrCl2N2O2. The van der Waals surface area contributed by atoms with Crippen molar-refractivity contribution in [2.24, 2.45) is 0 Å². The molecular weight excluding hydrogens is 451 g/mol. The van der Waals surface area contributed by atoms with E-state index in [4.69, 9.17) is 23.2 Å². The molecule has 7 heteroatoms. The Bertz CT molecular complexity index is 1020. The van der Waals surface area contributed by atoms with Crippen molar-refractivity contribution in [1.29, 1.82) is 0 Å². The molecule has 4 nitrogen and oxygen atoms in total. The van der Waals surface area contributed by atoms with Gasteiger partial charge >= 0.3 is 0 Å². The van der Waals surface area contributed by atoms with Gasteiger partial charge in [0.2, 0.25) is 0 Å². The molecule has 136 valence electrons. The predicted molar refractivity (Wildman–Crippen MR) is 113 cm³/mol. The molecule has 0 aliphatic carbocycles. The number of rotatable bonds is 4. The molecule has 0 bridgehead atoms. The van der Waals surface area contributed by atoms with Gasteiger partial charge in [0.15, 0.2) is 0 Å². The molecule has 0 aliphatic rings. The molecule has 3 aromatic rings. The zero-order valence-electron chi connectivity index (χ0n) is 13.8. The topological polar surface area (TPSA) is 58.2 Å². The van der Waals surface area contributed by atoms with Crippen molar-refractivity contribution in [3.63, 3.8) is 0 Å². The summed E-state index contributed by atoms with van der Waals surface area (Å²) in [5.74, 6) is -0.618. The van der Waals surface area contributed by atoms with Crippen LogP contribution in [-0.2, 0) is 0 Å². The fourth-order valence-electron chi connectivity index (χ4n) is 2.38. The predicted octanol–water partition coefficient (Wildman–Crippen LogP) is 6.26. The van der Waals surface area contributed by atoms with Crippen LogP contribution in [0.25, 0.3) is 0 Å². The number of anilines is 2. The van der Waals surface area contributed by atoms with Crippen molar-refractivity contribution in [2.75, 3.05) is 10.6 Å². The van der Waals surface area contributed by atoms with E-state index in [2.05, 4.69) is 26.6 Å². The Hall–Kier alpha value is -2.34. The van der Waals surface area contributed by atoms with Crippen LogP contribution in [0.1, 0.15) is 20.7 Å². The molecule has 2 amide bonds. The number of halogens is 3. The lowest BCUT2D eigenvalue weighted by Crippen LogP contribution is -2.14. The van der Waals surface area contributed by atoms with E-state index in [0.717, 1.165) is 4.47 Å². The van der Waals surface area contributed by atoms with Gasteiger partial charge in [-0.2, -0.15) is 0 Å². The zero-order chi connectivity index (χ0) is 19.4. The highest BCUT2D eigenvalue weighted by molar-refractivity contribution is 9.10. The van der Waals surface area contributed by atoms with E-state index in [1.165, 1.54) is 6.07 Å². The van der Waals surface area contributed by atoms with E-state index in [0.29, 0.717) is 27.5 Å². The summed E-state index contributed by atoms with van der Waals surface area (Å²) in [7, 11) is 0. The van der Waals surface area contributed by atoms with Crippen molar-refractivity contribution in [1.82, 2.24) is 0 Å². The molecule has 0 spiro atoms. The summed E-state index contributed by atoms with van der Waals surface area (Å²) in [6.07, 6.45) is 0. The van der Waals surface area contributed by atoms with Crippen LogP contribution in [0.3, 0.4) is 0 Å². The molecule has 3 aromatic carbocycles. The second kappa shape index (κ2) is 8.57. The second-order valence-corrected chi connectivity index (χ2v) is 7.38. The van der Waals surface area contributed by atoms with Crippen LogP contribution in [-0.4, -0.2) is 11.8 Å². The van der Waals surface area contributed by atoms with E-state index in [-0.39, 0.29) is 16.8 Å². The third-order valence-corrected chi connectivity index (χ3v) is 4.68. The Labute approximate surface area is 174 Å². The van der Waals surface area contributed by atoms with E-state index in [1.807, 2.05) is 6.07 Å². The van der Waals surface area contributed by atoms with Gasteiger partial charge in [-0.15, -0.1) is 0 Å². The monoisotopic (exact) mass is 462 g/mol. The SMILES string of the molecule is O=C(Nc1cccc(NC(=O)c2ccc(Cl)cc2Cl)c1)c1cccc(Br)c1. The van der Waals surface area contributed by atoms with Gasteiger partial charge < -0.3 is 10.6 Å². The minimum Gasteiger partial charge on any atom is -0.322 e. The fourth-order valence-corrected chi connectivity index (χ4v) is 3.27. The molecule has 0 heterocycles.